The summed E-state index contributed by atoms with van der Waals surface area (Å²) < 4.78 is 28.5. The average molecular weight is 561 g/mol. The number of ether oxygens (including phenoxy) is 1. The Hall–Kier alpha value is -2.16. The Morgan fingerprint density at radius 3 is 2.16 bits per heavy atom. The zero-order valence-corrected chi connectivity index (χ0v) is 25.8. The van der Waals surface area contributed by atoms with E-state index in [4.69, 9.17) is 18.0 Å². The van der Waals surface area contributed by atoms with Gasteiger partial charge < -0.3 is 18.0 Å². The van der Waals surface area contributed by atoms with Crippen molar-refractivity contribution in [3.8, 4) is 0 Å². The van der Waals surface area contributed by atoms with E-state index in [0.29, 0.717) is 11.2 Å². The Bertz CT molecular complexity index is 1290. The molecule has 2 aliphatic heterocycles. The molecule has 1 aromatic carbocycles. The fourth-order valence-electron chi connectivity index (χ4n) is 5.66. The molecular weight excluding hydrogens is 520 g/mol. The van der Waals surface area contributed by atoms with E-state index in [9.17, 15) is 14.4 Å². The topological polar surface area (TPSA) is 98.0 Å². The van der Waals surface area contributed by atoms with Crippen LogP contribution in [-0.2, 0) is 18.0 Å². The van der Waals surface area contributed by atoms with E-state index in [2.05, 4.69) is 61.2 Å². The highest BCUT2D eigenvalue weighted by Gasteiger charge is 2.65. The lowest BCUT2D eigenvalue weighted by Gasteiger charge is -2.54. The van der Waals surface area contributed by atoms with Gasteiger partial charge in [0.1, 0.15) is 18.3 Å². The molecule has 2 aromatic rings. The van der Waals surface area contributed by atoms with Crippen molar-refractivity contribution in [3.63, 3.8) is 0 Å². The minimum absolute atomic E-state index is 0.239. The summed E-state index contributed by atoms with van der Waals surface area (Å²) in [5.41, 5.74) is -1.25. The van der Waals surface area contributed by atoms with Gasteiger partial charge in [-0.05, 0) is 31.8 Å². The third-order valence-electron chi connectivity index (χ3n) is 7.01. The van der Waals surface area contributed by atoms with Gasteiger partial charge in [0.25, 0.3) is 11.5 Å². The maximum Gasteiger partial charge on any atom is 0.349 e. The zero-order valence-electron chi connectivity index (χ0n) is 23.8. The first-order valence-electron chi connectivity index (χ1n) is 13.1. The molecular formula is C27H40N2O7Si2. The monoisotopic (exact) mass is 560 g/mol. The number of nitrogens with zero attached hydrogens (tertiary/aromatic N) is 2. The first-order chi connectivity index (χ1) is 17.5. The molecule has 2 saturated heterocycles. The van der Waals surface area contributed by atoms with E-state index in [1.807, 2.05) is 0 Å². The van der Waals surface area contributed by atoms with E-state index >= 15 is 0 Å². The van der Waals surface area contributed by atoms with Gasteiger partial charge in [0.15, 0.2) is 14.5 Å². The Balaban J connectivity index is 1.80. The Morgan fingerprint density at radius 2 is 1.61 bits per heavy atom. The molecule has 0 N–H and O–H groups in total. The Morgan fingerprint density at radius 1 is 1.00 bits per heavy atom. The zero-order chi connectivity index (χ0) is 28.3. The van der Waals surface area contributed by atoms with Crippen molar-refractivity contribution in [1.29, 1.82) is 0 Å². The normalized spacial score (nSPS) is 25.7. The highest BCUT2D eigenvalue weighted by Crippen LogP contribution is 2.56. The van der Waals surface area contributed by atoms with Crippen LogP contribution in [0.5, 0.6) is 0 Å². The van der Waals surface area contributed by atoms with Crippen LogP contribution in [0.1, 0.15) is 58.1 Å². The first-order valence-corrected chi connectivity index (χ1v) is 18.3. The van der Waals surface area contributed by atoms with Gasteiger partial charge in [0, 0.05) is 27.9 Å². The molecule has 0 aliphatic carbocycles. The minimum atomic E-state index is -2.86. The van der Waals surface area contributed by atoms with Gasteiger partial charge in [-0.3, -0.25) is 14.2 Å². The van der Waals surface area contributed by atoms with E-state index in [1.165, 1.54) is 16.8 Å². The predicted molar refractivity (Wildman–Crippen MR) is 149 cm³/mol. The van der Waals surface area contributed by atoms with Crippen LogP contribution in [-0.4, -0.2) is 56.8 Å². The second-order valence-corrected chi connectivity index (χ2v) is 22.3. The van der Waals surface area contributed by atoms with Crippen molar-refractivity contribution in [2.75, 3.05) is 6.61 Å². The summed E-state index contributed by atoms with van der Waals surface area (Å²) in [6.45, 7) is 19.4. The predicted octanol–water partition coefficient (Wildman–Crippen LogP) is 4.27. The molecule has 2 aliphatic rings. The number of fused-ring (bicyclic) bond motifs is 1. The van der Waals surface area contributed by atoms with Crippen molar-refractivity contribution < 1.29 is 22.8 Å². The molecule has 3 heterocycles. The lowest BCUT2D eigenvalue weighted by Crippen LogP contribution is -2.65. The van der Waals surface area contributed by atoms with Crippen LogP contribution in [0.3, 0.4) is 0 Å². The van der Waals surface area contributed by atoms with E-state index in [0.717, 1.165) is 0 Å². The number of aromatic nitrogens is 2. The van der Waals surface area contributed by atoms with Gasteiger partial charge >= 0.3 is 14.3 Å². The summed E-state index contributed by atoms with van der Waals surface area (Å²) in [7, 11) is -5.02. The van der Waals surface area contributed by atoms with Crippen molar-refractivity contribution in [1.82, 2.24) is 9.13 Å². The second kappa shape index (κ2) is 9.79. The van der Waals surface area contributed by atoms with E-state index in [-0.39, 0.29) is 15.6 Å². The smallest absolute Gasteiger partial charge is 0.349 e. The molecule has 0 amide bonds. The SMILES string of the molecule is CC(C)(C)[Si]1(C(C)(C)C)OC[C@H]2O[C@@H](n3ccc(=O)n(C(=O)c4ccccc4)c3=O)[C@H](O[Si](C)(C)C)[C@@H]2O1. The summed E-state index contributed by atoms with van der Waals surface area (Å²) in [4.78, 5) is 39.6. The van der Waals surface area contributed by atoms with Gasteiger partial charge in [-0.15, -0.1) is 0 Å². The van der Waals surface area contributed by atoms with Gasteiger partial charge in [0.2, 0.25) is 0 Å². The Kier molecular flexibility index (Phi) is 7.43. The first kappa shape index (κ1) is 28.8. The third kappa shape index (κ3) is 5.07. The fourth-order valence-corrected chi connectivity index (χ4v) is 11.7. The summed E-state index contributed by atoms with van der Waals surface area (Å²) in [5, 5.41) is -0.492. The van der Waals surface area contributed by atoms with Crippen molar-refractivity contribution >= 4 is 22.8 Å². The molecule has 2 fully saturated rings. The van der Waals surface area contributed by atoms with E-state index < -0.39 is 58.6 Å². The molecule has 208 valence electrons. The summed E-state index contributed by atoms with van der Waals surface area (Å²) in [5.74, 6) is -0.695. The molecule has 0 bridgehead atoms. The molecule has 0 spiro atoms. The minimum Gasteiger partial charge on any atom is -0.407 e. The van der Waals surface area contributed by atoms with Gasteiger partial charge in [-0.25, -0.2) is 4.79 Å². The van der Waals surface area contributed by atoms with E-state index in [1.54, 1.807) is 30.3 Å². The molecule has 4 rings (SSSR count). The lowest BCUT2D eigenvalue weighted by atomic mass is 10.1. The highest BCUT2D eigenvalue weighted by molar-refractivity contribution is 6.73. The Labute approximate surface area is 226 Å². The molecule has 0 saturated carbocycles. The van der Waals surface area contributed by atoms with Crippen molar-refractivity contribution in [2.45, 2.75) is 95.8 Å². The van der Waals surface area contributed by atoms with Gasteiger partial charge in [-0.2, -0.15) is 4.57 Å². The summed E-state index contributed by atoms with van der Waals surface area (Å²) in [6, 6.07) is 9.46. The standard InChI is InChI=1S/C27H40N2O7Si2/c1-26(2,3)38(27(4,5)6)33-17-19-21(36-38)22(35-37(7,8)9)24(34-19)28-16-15-20(30)29(25(28)32)23(31)18-13-11-10-12-14-18/h10-16,19,21-22,24H,17H2,1-9H3/t19-,21-,22-,24-/m1/s1. The molecule has 9 nitrogen and oxygen atoms in total. The summed E-state index contributed by atoms with van der Waals surface area (Å²) in [6.07, 6.45) is -1.08. The molecule has 0 unspecified atom stereocenters. The third-order valence-corrected chi connectivity index (χ3v) is 13.1. The fraction of sp³-hybridized carbons (Fsp3) is 0.593. The molecule has 1 aromatic heterocycles. The van der Waals surface area contributed by atoms with Crippen LogP contribution < -0.4 is 11.2 Å². The van der Waals surface area contributed by atoms with Gasteiger partial charge in [0.05, 0.1) is 6.61 Å². The average Bonchev–Trinajstić information content (AvgIpc) is 3.13. The van der Waals surface area contributed by atoms with Crippen LogP contribution in [0.25, 0.3) is 0 Å². The largest absolute Gasteiger partial charge is 0.407 e. The molecule has 4 atom stereocenters. The molecule has 0 radical (unpaired) electrons. The quantitative estimate of drug-likeness (QED) is 0.515. The number of hydrogen-bond donors (Lipinski definition) is 0. The molecule has 11 heteroatoms. The van der Waals surface area contributed by atoms with Crippen LogP contribution in [0.4, 0.5) is 0 Å². The number of rotatable bonds is 4. The van der Waals surface area contributed by atoms with Crippen LogP contribution in [0.15, 0.2) is 52.2 Å². The molecule has 38 heavy (non-hydrogen) atoms. The van der Waals surface area contributed by atoms with Crippen molar-refractivity contribution in [3.05, 3.63) is 69.0 Å². The number of carbonyl (C=O) groups excluding carboxylic acids is 1. The van der Waals surface area contributed by atoms with Crippen molar-refractivity contribution in [2.24, 2.45) is 0 Å². The van der Waals surface area contributed by atoms with Crippen LogP contribution in [0, 0.1) is 0 Å². The van der Waals surface area contributed by atoms with Crippen LogP contribution in [0.2, 0.25) is 29.7 Å². The maximum absolute atomic E-state index is 13.7. The lowest BCUT2D eigenvalue weighted by molar-refractivity contribution is -0.0810. The summed E-state index contributed by atoms with van der Waals surface area (Å²) >= 11 is 0. The highest BCUT2D eigenvalue weighted by atomic mass is 28.4. The number of benzene rings is 1. The number of hydrogen-bond acceptors (Lipinski definition) is 7. The van der Waals surface area contributed by atoms with Crippen LogP contribution >= 0.6 is 0 Å². The maximum atomic E-state index is 13.7. The van der Waals surface area contributed by atoms with Gasteiger partial charge in [-0.1, -0.05) is 59.7 Å². The number of carbonyl (C=O) groups is 1. The second-order valence-electron chi connectivity index (χ2n) is 13.1.